The minimum atomic E-state index is -0.829. The molecule has 6 N–H and O–H groups in total. The molecule has 0 heterocycles. The van der Waals surface area contributed by atoms with E-state index >= 15 is 0 Å². The van der Waals surface area contributed by atoms with Crippen LogP contribution in [0.4, 0.5) is 4.79 Å². The van der Waals surface area contributed by atoms with Crippen LogP contribution >= 0.6 is 0 Å². The number of rotatable bonds is 13. The van der Waals surface area contributed by atoms with Gasteiger partial charge in [0.2, 0.25) is 0 Å². The second kappa shape index (κ2) is 13.8. The molecule has 0 unspecified atom stereocenters. The summed E-state index contributed by atoms with van der Waals surface area (Å²) < 4.78 is 0. The van der Waals surface area contributed by atoms with Crippen LogP contribution in [0.1, 0.15) is 81.5 Å². The second-order valence-electron chi connectivity index (χ2n) is 6.88. The number of amides is 3. The Morgan fingerprint density at radius 2 is 1.54 bits per heavy atom. The first-order valence-electron chi connectivity index (χ1n) is 10.1. The summed E-state index contributed by atoms with van der Waals surface area (Å²) in [6, 6.07) is 2.71. The first-order valence-corrected chi connectivity index (χ1v) is 10.1. The van der Waals surface area contributed by atoms with Crippen molar-refractivity contribution in [2.24, 2.45) is 5.84 Å². The number of carbonyl (C=O) groups excluding carboxylic acids is 2. The monoisotopic (exact) mass is 394 g/mol. The zero-order valence-corrected chi connectivity index (χ0v) is 16.7. The van der Waals surface area contributed by atoms with Gasteiger partial charge in [0.05, 0.1) is 5.56 Å². The molecule has 0 radical (unpaired) electrons. The van der Waals surface area contributed by atoms with E-state index in [0.717, 1.165) is 30.3 Å². The van der Waals surface area contributed by atoms with E-state index in [1.807, 2.05) is 5.43 Å². The summed E-state index contributed by atoms with van der Waals surface area (Å²) >= 11 is 0. The highest BCUT2D eigenvalue weighted by molar-refractivity contribution is 6.05. The normalized spacial score (nSPS) is 10.6. The maximum absolute atomic E-state index is 12.5. The van der Waals surface area contributed by atoms with Crippen molar-refractivity contribution in [3.8, 4) is 11.5 Å². The first-order chi connectivity index (χ1) is 13.5. The van der Waals surface area contributed by atoms with E-state index < -0.39 is 17.7 Å². The number of hydrazine groups is 2. The fourth-order valence-corrected chi connectivity index (χ4v) is 2.93. The summed E-state index contributed by atoms with van der Waals surface area (Å²) in [6.45, 7) is 2.64. The third-order valence-corrected chi connectivity index (χ3v) is 4.54. The highest BCUT2D eigenvalue weighted by Crippen LogP contribution is 2.23. The highest BCUT2D eigenvalue weighted by Gasteiger charge is 2.24. The Morgan fingerprint density at radius 3 is 2.07 bits per heavy atom. The molecule has 1 aromatic carbocycles. The van der Waals surface area contributed by atoms with Crippen molar-refractivity contribution in [3.63, 3.8) is 0 Å². The molecule has 0 fully saturated rings. The Morgan fingerprint density at radius 1 is 0.964 bits per heavy atom. The summed E-state index contributed by atoms with van der Waals surface area (Å²) in [6.07, 6.45) is 11.9. The Hall–Kier alpha value is -2.32. The molecule has 0 saturated carbocycles. The number of phenolic OH excluding ortho intramolecular Hbond substituents is 2. The van der Waals surface area contributed by atoms with Crippen LogP contribution < -0.4 is 16.7 Å². The molecule has 0 spiro atoms. The number of benzene rings is 1. The van der Waals surface area contributed by atoms with Crippen LogP contribution in [-0.2, 0) is 0 Å². The van der Waals surface area contributed by atoms with Crippen molar-refractivity contribution in [1.29, 1.82) is 0 Å². The van der Waals surface area contributed by atoms with Gasteiger partial charge in [0.1, 0.15) is 11.5 Å². The fraction of sp³-hybridized carbons (Fsp3) is 0.600. The number of carbonyl (C=O) groups is 2. The number of imide groups is 1. The van der Waals surface area contributed by atoms with Crippen molar-refractivity contribution in [2.75, 3.05) is 6.54 Å². The number of phenols is 2. The SMILES string of the molecule is CCCCCCCCCCCCNN(C(=O)NN)C(=O)c1ccc(O)cc1O. The number of nitrogens with two attached hydrogens (primary N) is 1. The number of urea groups is 1. The van der Waals surface area contributed by atoms with Crippen LogP contribution in [0.2, 0.25) is 0 Å². The molecule has 28 heavy (non-hydrogen) atoms. The van der Waals surface area contributed by atoms with Gasteiger partial charge in [-0.1, -0.05) is 64.7 Å². The first kappa shape index (κ1) is 23.7. The molecule has 0 aliphatic heterocycles. The largest absolute Gasteiger partial charge is 0.508 e. The molecule has 1 rings (SSSR count). The molecule has 0 bridgehead atoms. The van der Waals surface area contributed by atoms with Gasteiger partial charge in [-0.15, -0.1) is 0 Å². The van der Waals surface area contributed by atoms with E-state index in [0.29, 0.717) is 6.54 Å². The van der Waals surface area contributed by atoms with Gasteiger partial charge < -0.3 is 10.2 Å². The second-order valence-corrected chi connectivity index (χ2v) is 6.88. The van der Waals surface area contributed by atoms with Crippen molar-refractivity contribution in [2.45, 2.75) is 71.1 Å². The molecular weight excluding hydrogens is 360 g/mol. The maximum Gasteiger partial charge on any atom is 0.353 e. The van der Waals surface area contributed by atoms with Crippen LogP contribution in [0, 0.1) is 0 Å². The minimum Gasteiger partial charge on any atom is -0.508 e. The summed E-state index contributed by atoms with van der Waals surface area (Å²) in [5, 5.41) is 19.9. The van der Waals surface area contributed by atoms with Crippen molar-refractivity contribution < 1.29 is 19.8 Å². The average Bonchev–Trinajstić information content (AvgIpc) is 2.68. The smallest absolute Gasteiger partial charge is 0.353 e. The van der Waals surface area contributed by atoms with Crippen LogP contribution in [0.15, 0.2) is 18.2 Å². The van der Waals surface area contributed by atoms with Gasteiger partial charge >= 0.3 is 6.03 Å². The molecule has 3 amide bonds. The Labute approximate surface area is 167 Å². The molecule has 0 atom stereocenters. The van der Waals surface area contributed by atoms with Gasteiger partial charge in [0.25, 0.3) is 5.91 Å². The van der Waals surface area contributed by atoms with Crippen molar-refractivity contribution in [3.05, 3.63) is 23.8 Å². The Balaban J connectivity index is 2.35. The lowest BCUT2D eigenvalue weighted by Gasteiger charge is -2.21. The molecule has 0 aliphatic rings. The van der Waals surface area contributed by atoms with E-state index in [4.69, 9.17) is 5.84 Å². The Bertz CT molecular complexity index is 610. The quantitative estimate of drug-likeness (QED) is 0.151. The van der Waals surface area contributed by atoms with Crippen LogP contribution in [0.25, 0.3) is 0 Å². The van der Waals surface area contributed by atoms with E-state index in [1.54, 1.807) is 0 Å². The zero-order valence-electron chi connectivity index (χ0n) is 16.7. The standard InChI is InChI=1S/C20H34N4O4/c1-2-3-4-5-6-7-8-9-10-11-14-22-24(20(28)23-21)19(27)17-13-12-16(25)15-18(17)26/h12-13,15,22,25-26H,2-11,14,21H2,1H3,(H,23,28). The molecule has 0 saturated heterocycles. The third kappa shape index (κ3) is 8.58. The summed E-state index contributed by atoms with van der Waals surface area (Å²) in [5.41, 5.74) is 4.55. The summed E-state index contributed by atoms with van der Waals surface area (Å²) in [5.74, 6) is 3.79. The minimum absolute atomic E-state index is 0.114. The van der Waals surface area contributed by atoms with Gasteiger partial charge in [-0.2, -0.15) is 5.01 Å². The number of unbranched alkanes of at least 4 members (excludes halogenated alkanes) is 9. The van der Waals surface area contributed by atoms with Crippen molar-refractivity contribution >= 4 is 11.9 Å². The molecule has 1 aromatic rings. The summed E-state index contributed by atoms with van der Waals surface area (Å²) in [4.78, 5) is 24.4. The van der Waals surface area contributed by atoms with E-state index in [1.165, 1.54) is 57.1 Å². The van der Waals surface area contributed by atoms with E-state index in [2.05, 4.69) is 12.3 Å². The number of hydrogen-bond donors (Lipinski definition) is 5. The molecule has 158 valence electrons. The number of nitrogens with zero attached hydrogens (tertiary/aromatic N) is 1. The van der Waals surface area contributed by atoms with Gasteiger partial charge in [-0.05, 0) is 18.6 Å². The molecule has 8 heteroatoms. The molecule has 0 aliphatic carbocycles. The van der Waals surface area contributed by atoms with Crippen molar-refractivity contribution in [1.82, 2.24) is 15.9 Å². The third-order valence-electron chi connectivity index (χ3n) is 4.54. The summed E-state index contributed by atoms with van der Waals surface area (Å²) in [7, 11) is 0. The molecule has 8 nitrogen and oxygen atoms in total. The van der Waals surface area contributed by atoms with Crippen LogP contribution in [-0.4, -0.2) is 33.7 Å². The molecule has 0 aromatic heterocycles. The lowest BCUT2D eigenvalue weighted by atomic mass is 10.1. The van der Waals surface area contributed by atoms with E-state index in [9.17, 15) is 19.8 Å². The van der Waals surface area contributed by atoms with Gasteiger partial charge in [-0.25, -0.2) is 16.1 Å². The number of aromatic hydroxyl groups is 2. The van der Waals surface area contributed by atoms with Crippen LogP contribution in [0.3, 0.4) is 0 Å². The maximum atomic E-state index is 12.5. The lowest BCUT2D eigenvalue weighted by Crippen LogP contribution is -2.53. The molecular formula is C20H34N4O4. The predicted molar refractivity (Wildman–Crippen MR) is 109 cm³/mol. The topological polar surface area (TPSA) is 128 Å². The average molecular weight is 395 g/mol. The number of nitrogens with one attached hydrogen (secondary N) is 2. The Kier molecular flexibility index (Phi) is 11.7. The van der Waals surface area contributed by atoms with Gasteiger partial charge in [0.15, 0.2) is 0 Å². The van der Waals surface area contributed by atoms with Gasteiger partial charge in [-0.3, -0.25) is 10.2 Å². The van der Waals surface area contributed by atoms with Gasteiger partial charge in [0, 0.05) is 12.6 Å². The van der Waals surface area contributed by atoms with E-state index in [-0.39, 0.29) is 11.3 Å². The van der Waals surface area contributed by atoms with Crippen LogP contribution in [0.5, 0.6) is 11.5 Å². The number of hydrogen-bond acceptors (Lipinski definition) is 6. The lowest BCUT2D eigenvalue weighted by molar-refractivity contribution is 0.0722. The highest BCUT2D eigenvalue weighted by atomic mass is 16.3. The zero-order chi connectivity index (χ0) is 20.8. The fourth-order valence-electron chi connectivity index (χ4n) is 2.93. The predicted octanol–water partition coefficient (Wildman–Crippen LogP) is 3.55.